The average molecular weight is 851 g/mol. The summed E-state index contributed by atoms with van der Waals surface area (Å²) in [7, 11) is 0. The molecule has 0 N–H and O–H groups in total. The van der Waals surface area contributed by atoms with Gasteiger partial charge in [0.1, 0.15) is 13.2 Å². The number of esters is 3. The standard InChI is InChI=1S/C55H94O6/c1-4-7-10-13-16-19-22-24-25-26-27-28-29-31-33-36-39-42-45-48-54(57)60-51-52(50-59-53(56)47-44-41-38-35-32-21-18-15-12-9-6-3)61-55(58)49-46-43-40-37-34-30-23-20-17-14-11-8-5-2/h15-16,18-19,21-22,24,30,32,34,40,43,52H,4-14,17,20,23,25-29,31,33,35-39,41-42,44-51H2,1-3H3/b18-15-,19-16-,24-22-,32-21-,34-30-,43-40-. The van der Waals surface area contributed by atoms with Gasteiger partial charge in [-0.25, -0.2) is 0 Å². The van der Waals surface area contributed by atoms with E-state index in [4.69, 9.17) is 14.2 Å². The normalized spacial score (nSPS) is 12.6. The van der Waals surface area contributed by atoms with E-state index in [1.807, 2.05) is 6.08 Å². The molecule has 0 rings (SSSR count). The van der Waals surface area contributed by atoms with Crippen LogP contribution in [0.15, 0.2) is 72.9 Å². The highest BCUT2D eigenvalue weighted by atomic mass is 16.6. The molecule has 0 aliphatic rings. The molecule has 0 aromatic carbocycles. The molecular formula is C55H94O6. The molecule has 1 atom stereocenters. The van der Waals surface area contributed by atoms with E-state index in [0.717, 1.165) is 64.2 Å². The van der Waals surface area contributed by atoms with E-state index in [0.29, 0.717) is 19.3 Å². The van der Waals surface area contributed by atoms with Crippen molar-refractivity contribution in [3.8, 4) is 0 Å². The van der Waals surface area contributed by atoms with E-state index >= 15 is 0 Å². The lowest BCUT2D eigenvalue weighted by Crippen LogP contribution is -2.30. The number of hydrogen-bond acceptors (Lipinski definition) is 6. The number of ether oxygens (including phenoxy) is 3. The van der Waals surface area contributed by atoms with Gasteiger partial charge in [0, 0.05) is 19.3 Å². The Morgan fingerprint density at radius 3 is 1.16 bits per heavy atom. The van der Waals surface area contributed by atoms with Crippen LogP contribution in [-0.2, 0) is 28.6 Å². The van der Waals surface area contributed by atoms with Crippen molar-refractivity contribution in [2.45, 2.75) is 245 Å². The molecule has 1 unspecified atom stereocenters. The van der Waals surface area contributed by atoms with Crippen molar-refractivity contribution in [3.63, 3.8) is 0 Å². The third-order valence-corrected chi connectivity index (χ3v) is 10.7. The van der Waals surface area contributed by atoms with Crippen LogP contribution in [0.25, 0.3) is 0 Å². The van der Waals surface area contributed by atoms with Gasteiger partial charge in [0.05, 0.1) is 0 Å². The first kappa shape index (κ1) is 57.9. The fraction of sp³-hybridized carbons (Fsp3) is 0.727. The first-order chi connectivity index (χ1) is 30.0. The minimum absolute atomic E-state index is 0.108. The Morgan fingerprint density at radius 1 is 0.344 bits per heavy atom. The molecule has 0 saturated heterocycles. The summed E-state index contributed by atoms with van der Waals surface area (Å²) in [5, 5.41) is 0. The lowest BCUT2D eigenvalue weighted by molar-refractivity contribution is -0.166. The highest BCUT2D eigenvalue weighted by molar-refractivity contribution is 5.71. The number of unbranched alkanes of at least 4 members (excludes halogenated alkanes) is 24. The molecule has 0 spiro atoms. The molecule has 0 aromatic heterocycles. The van der Waals surface area contributed by atoms with Crippen LogP contribution in [-0.4, -0.2) is 37.2 Å². The monoisotopic (exact) mass is 851 g/mol. The Bertz CT molecular complexity index is 1160. The van der Waals surface area contributed by atoms with Crippen LogP contribution in [0.5, 0.6) is 0 Å². The summed E-state index contributed by atoms with van der Waals surface area (Å²) in [5.41, 5.74) is 0. The van der Waals surface area contributed by atoms with Gasteiger partial charge in [-0.2, -0.15) is 0 Å². The zero-order chi connectivity index (χ0) is 44.4. The summed E-state index contributed by atoms with van der Waals surface area (Å²) in [6.45, 7) is 6.47. The SMILES string of the molecule is CCCC/C=C\C=C/CCCCCC(=O)OCC(COC(=O)CCCCCCCCCCCC/C=C\C=C/CCCCC)OC(=O)CC/C=C\C/C=C\CCCCCCCC. The summed E-state index contributed by atoms with van der Waals surface area (Å²) in [4.78, 5) is 37.8. The molecule has 350 valence electrons. The summed E-state index contributed by atoms with van der Waals surface area (Å²) in [6.07, 6.45) is 61.9. The van der Waals surface area contributed by atoms with Crippen molar-refractivity contribution in [1.82, 2.24) is 0 Å². The van der Waals surface area contributed by atoms with Crippen molar-refractivity contribution in [3.05, 3.63) is 72.9 Å². The van der Waals surface area contributed by atoms with Crippen molar-refractivity contribution < 1.29 is 28.6 Å². The van der Waals surface area contributed by atoms with Gasteiger partial charge in [-0.15, -0.1) is 0 Å². The lowest BCUT2D eigenvalue weighted by atomic mass is 10.1. The Balaban J connectivity index is 4.41. The van der Waals surface area contributed by atoms with E-state index in [1.165, 1.54) is 128 Å². The number of carbonyl (C=O) groups is 3. The summed E-state index contributed by atoms with van der Waals surface area (Å²) in [6, 6.07) is 0. The van der Waals surface area contributed by atoms with Gasteiger partial charge in [-0.3, -0.25) is 14.4 Å². The van der Waals surface area contributed by atoms with Crippen LogP contribution in [0.4, 0.5) is 0 Å². The third-order valence-electron chi connectivity index (χ3n) is 10.7. The maximum absolute atomic E-state index is 12.7. The summed E-state index contributed by atoms with van der Waals surface area (Å²) >= 11 is 0. The second-order valence-electron chi connectivity index (χ2n) is 16.8. The minimum atomic E-state index is -0.816. The molecule has 0 saturated carbocycles. The molecule has 0 aliphatic heterocycles. The van der Waals surface area contributed by atoms with Crippen LogP contribution >= 0.6 is 0 Å². The predicted molar refractivity (Wildman–Crippen MR) is 261 cm³/mol. The summed E-state index contributed by atoms with van der Waals surface area (Å²) < 4.78 is 16.7. The third kappa shape index (κ3) is 47.7. The van der Waals surface area contributed by atoms with Crippen LogP contribution in [0.3, 0.4) is 0 Å². The van der Waals surface area contributed by atoms with Gasteiger partial charge in [0.15, 0.2) is 6.10 Å². The fourth-order valence-electron chi connectivity index (χ4n) is 6.81. The Hall–Kier alpha value is -3.15. The van der Waals surface area contributed by atoms with Crippen LogP contribution < -0.4 is 0 Å². The largest absolute Gasteiger partial charge is 0.462 e. The molecule has 0 amide bonds. The number of carbonyl (C=O) groups excluding carboxylic acids is 3. The smallest absolute Gasteiger partial charge is 0.306 e. The van der Waals surface area contributed by atoms with Crippen molar-refractivity contribution >= 4 is 17.9 Å². The van der Waals surface area contributed by atoms with Crippen molar-refractivity contribution in [2.24, 2.45) is 0 Å². The second-order valence-corrected chi connectivity index (χ2v) is 16.8. The van der Waals surface area contributed by atoms with Crippen LogP contribution in [0, 0.1) is 0 Å². The molecule has 6 nitrogen and oxygen atoms in total. The van der Waals surface area contributed by atoms with Gasteiger partial charge in [0.2, 0.25) is 0 Å². The Kier molecular flexibility index (Phi) is 46.9. The zero-order valence-corrected chi connectivity index (χ0v) is 39.9. The highest BCUT2D eigenvalue weighted by Gasteiger charge is 2.19. The quantitative estimate of drug-likeness (QED) is 0.0200. The highest BCUT2D eigenvalue weighted by Crippen LogP contribution is 2.14. The maximum Gasteiger partial charge on any atom is 0.306 e. The molecule has 0 bridgehead atoms. The van der Waals surface area contributed by atoms with E-state index in [2.05, 4.69) is 87.6 Å². The summed E-state index contributed by atoms with van der Waals surface area (Å²) in [5.74, 6) is -1.01. The van der Waals surface area contributed by atoms with E-state index < -0.39 is 6.10 Å². The van der Waals surface area contributed by atoms with Gasteiger partial charge in [0.25, 0.3) is 0 Å². The van der Waals surface area contributed by atoms with Crippen LogP contribution in [0.2, 0.25) is 0 Å². The van der Waals surface area contributed by atoms with E-state index in [9.17, 15) is 14.4 Å². The predicted octanol–water partition coefficient (Wildman–Crippen LogP) is 16.6. The number of hydrogen-bond donors (Lipinski definition) is 0. The Morgan fingerprint density at radius 2 is 0.689 bits per heavy atom. The topological polar surface area (TPSA) is 78.9 Å². The van der Waals surface area contributed by atoms with E-state index in [-0.39, 0.29) is 37.5 Å². The van der Waals surface area contributed by atoms with Crippen molar-refractivity contribution in [2.75, 3.05) is 13.2 Å². The minimum Gasteiger partial charge on any atom is -0.462 e. The first-order valence-electron chi connectivity index (χ1n) is 25.5. The molecule has 0 aromatic rings. The molecular weight excluding hydrogens is 757 g/mol. The Labute approximate surface area is 376 Å². The molecule has 0 radical (unpaired) electrons. The zero-order valence-electron chi connectivity index (χ0n) is 39.9. The molecule has 0 heterocycles. The van der Waals surface area contributed by atoms with Crippen LogP contribution in [0.1, 0.15) is 239 Å². The molecule has 0 aliphatic carbocycles. The van der Waals surface area contributed by atoms with Gasteiger partial charge in [-0.1, -0.05) is 209 Å². The molecule has 0 fully saturated rings. The first-order valence-corrected chi connectivity index (χ1v) is 25.5. The fourth-order valence-corrected chi connectivity index (χ4v) is 6.81. The van der Waals surface area contributed by atoms with Crippen molar-refractivity contribution in [1.29, 1.82) is 0 Å². The molecule has 61 heavy (non-hydrogen) atoms. The lowest BCUT2D eigenvalue weighted by Gasteiger charge is -2.18. The molecule has 6 heteroatoms. The number of rotatable bonds is 45. The average Bonchev–Trinajstić information content (AvgIpc) is 3.26. The van der Waals surface area contributed by atoms with Gasteiger partial charge >= 0.3 is 17.9 Å². The number of allylic oxidation sites excluding steroid dienone is 12. The second kappa shape index (κ2) is 49.5. The maximum atomic E-state index is 12.7. The van der Waals surface area contributed by atoms with Gasteiger partial charge < -0.3 is 14.2 Å². The van der Waals surface area contributed by atoms with Gasteiger partial charge in [-0.05, 0) is 83.5 Å². The van der Waals surface area contributed by atoms with E-state index in [1.54, 1.807) is 0 Å².